The number of carboxylic acid groups (broad SMARTS) is 1. The SMILES string of the molecule is COc1ccc(OC)c(C(c2ccc(SC)cc2)N2CCCCC2C(=O)O)c1. The van der Waals surface area contributed by atoms with Gasteiger partial charge in [0.05, 0.1) is 20.3 Å². The summed E-state index contributed by atoms with van der Waals surface area (Å²) in [5.41, 5.74) is 1.98. The van der Waals surface area contributed by atoms with E-state index in [1.54, 1.807) is 26.0 Å². The summed E-state index contributed by atoms with van der Waals surface area (Å²) in [6, 6.07) is 13.3. The van der Waals surface area contributed by atoms with Gasteiger partial charge in [0, 0.05) is 10.5 Å². The molecule has 2 unspecified atom stereocenters. The van der Waals surface area contributed by atoms with Crippen LogP contribution in [0.15, 0.2) is 47.4 Å². The Balaban J connectivity index is 2.15. The molecule has 1 aliphatic heterocycles. The van der Waals surface area contributed by atoms with E-state index in [0.717, 1.165) is 42.0 Å². The Morgan fingerprint density at radius 3 is 2.50 bits per heavy atom. The van der Waals surface area contributed by atoms with Crippen LogP contribution in [0.3, 0.4) is 0 Å². The second kappa shape index (κ2) is 9.34. The van der Waals surface area contributed by atoms with Crippen LogP contribution in [-0.4, -0.2) is 49.0 Å². The number of benzene rings is 2. The van der Waals surface area contributed by atoms with Gasteiger partial charge in [-0.25, -0.2) is 0 Å². The summed E-state index contributed by atoms with van der Waals surface area (Å²) in [6.07, 6.45) is 4.61. The fourth-order valence-corrected chi connectivity index (χ4v) is 4.33. The van der Waals surface area contributed by atoms with Gasteiger partial charge in [0.25, 0.3) is 0 Å². The molecule has 6 heteroatoms. The summed E-state index contributed by atoms with van der Waals surface area (Å²) in [5, 5.41) is 9.86. The van der Waals surface area contributed by atoms with Gasteiger partial charge in [0.15, 0.2) is 0 Å². The highest BCUT2D eigenvalue weighted by Gasteiger charge is 2.36. The molecule has 0 saturated carbocycles. The first-order valence-corrected chi connectivity index (χ1v) is 10.7. The maximum Gasteiger partial charge on any atom is 0.320 e. The monoisotopic (exact) mass is 401 g/mol. The number of ether oxygens (including phenoxy) is 2. The quantitative estimate of drug-likeness (QED) is 0.692. The summed E-state index contributed by atoms with van der Waals surface area (Å²) < 4.78 is 11.1. The van der Waals surface area contributed by atoms with Crippen molar-refractivity contribution < 1.29 is 19.4 Å². The molecule has 150 valence electrons. The number of thioether (sulfide) groups is 1. The van der Waals surface area contributed by atoms with Gasteiger partial charge in [-0.1, -0.05) is 18.6 Å². The normalized spacial score (nSPS) is 18.5. The summed E-state index contributed by atoms with van der Waals surface area (Å²) in [7, 11) is 3.28. The number of carboxylic acids is 1. The van der Waals surface area contributed by atoms with Crippen molar-refractivity contribution in [3.63, 3.8) is 0 Å². The van der Waals surface area contributed by atoms with Crippen LogP contribution in [0.1, 0.15) is 36.4 Å². The van der Waals surface area contributed by atoms with E-state index >= 15 is 0 Å². The smallest absolute Gasteiger partial charge is 0.320 e. The van der Waals surface area contributed by atoms with Gasteiger partial charge >= 0.3 is 5.97 Å². The fraction of sp³-hybridized carbons (Fsp3) is 0.409. The summed E-state index contributed by atoms with van der Waals surface area (Å²) in [5.74, 6) is 0.687. The van der Waals surface area contributed by atoms with Crippen LogP contribution in [0, 0.1) is 0 Å². The number of hydrogen-bond donors (Lipinski definition) is 1. The fourth-order valence-electron chi connectivity index (χ4n) is 3.92. The lowest BCUT2D eigenvalue weighted by molar-refractivity contribution is -0.145. The Morgan fingerprint density at radius 2 is 1.89 bits per heavy atom. The van der Waals surface area contributed by atoms with E-state index in [1.807, 2.05) is 24.5 Å². The molecule has 0 aromatic heterocycles. The third kappa shape index (κ3) is 4.28. The van der Waals surface area contributed by atoms with E-state index in [2.05, 4.69) is 29.2 Å². The zero-order valence-corrected chi connectivity index (χ0v) is 17.4. The minimum atomic E-state index is -0.771. The molecule has 1 aliphatic rings. The van der Waals surface area contributed by atoms with Gasteiger partial charge in [-0.3, -0.25) is 9.69 Å². The largest absolute Gasteiger partial charge is 0.497 e. The molecule has 1 heterocycles. The lowest BCUT2D eigenvalue weighted by Crippen LogP contribution is -2.46. The van der Waals surface area contributed by atoms with Crippen molar-refractivity contribution in [2.75, 3.05) is 27.0 Å². The summed E-state index contributed by atoms with van der Waals surface area (Å²) >= 11 is 1.69. The summed E-state index contributed by atoms with van der Waals surface area (Å²) in [6.45, 7) is 0.728. The first kappa shape index (κ1) is 20.6. The van der Waals surface area contributed by atoms with Crippen LogP contribution in [-0.2, 0) is 4.79 Å². The molecule has 0 radical (unpaired) electrons. The molecule has 5 nitrogen and oxygen atoms in total. The third-order valence-electron chi connectivity index (χ3n) is 5.32. The molecule has 0 bridgehead atoms. The van der Waals surface area contributed by atoms with Gasteiger partial charge in [-0.15, -0.1) is 11.8 Å². The van der Waals surface area contributed by atoms with Crippen LogP contribution in [0.4, 0.5) is 0 Å². The van der Waals surface area contributed by atoms with E-state index in [9.17, 15) is 9.90 Å². The third-order valence-corrected chi connectivity index (χ3v) is 6.07. The number of piperidine rings is 1. The van der Waals surface area contributed by atoms with Crippen molar-refractivity contribution in [1.29, 1.82) is 0 Å². The van der Waals surface area contributed by atoms with Gasteiger partial charge < -0.3 is 14.6 Å². The number of aliphatic carboxylic acids is 1. The number of hydrogen-bond acceptors (Lipinski definition) is 5. The molecule has 2 atom stereocenters. The molecule has 1 N–H and O–H groups in total. The Labute approximate surface area is 170 Å². The average molecular weight is 402 g/mol. The standard InChI is InChI=1S/C22H27NO4S/c1-26-16-9-12-20(27-2)18(14-16)21(15-7-10-17(28-3)11-8-15)23-13-5-4-6-19(23)22(24)25/h7-12,14,19,21H,4-6,13H2,1-3H3,(H,24,25). The molecule has 0 aliphatic carbocycles. The van der Waals surface area contributed by atoms with E-state index in [-0.39, 0.29) is 6.04 Å². The highest BCUT2D eigenvalue weighted by molar-refractivity contribution is 7.98. The molecular formula is C22H27NO4S. The molecule has 28 heavy (non-hydrogen) atoms. The van der Waals surface area contributed by atoms with E-state index in [4.69, 9.17) is 9.47 Å². The Kier molecular flexibility index (Phi) is 6.86. The Bertz CT molecular complexity index is 809. The van der Waals surface area contributed by atoms with Crippen molar-refractivity contribution >= 4 is 17.7 Å². The molecule has 0 spiro atoms. The molecule has 3 rings (SSSR count). The number of nitrogens with zero attached hydrogens (tertiary/aromatic N) is 1. The predicted molar refractivity (Wildman–Crippen MR) is 112 cm³/mol. The van der Waals surface area contributed by atoms with Gasteiger partial charge in [0.1, 0.15) is 17.5 Å². The Morgan fingerprint density at radius 1 is 1.14 bits per heavy atom. The van der Waals surface area contributed by atoms with E-state index in [0.29, 0.717) is 6.42 Å². The van der Waals surface area contributed by atoms with Crippen LogP contribution >= 0.6 is 11.8 Å². The van der Waals surface area contributed by atoms with Gasteiger partial charge in [0.2, 0.25) is 0 Å². The lowest BCUT2D eigenvalue weighted by atomic mass is 9.91. The Hall–Kier alpha value is -2.18. The highest BCUT2D eigenvalue weighted by Crippen LogP contribution is 2.40. The van der Waals surface area contributed by atoms with Crippen LogP contribution in [0.25, 0.3) is 0 Å². The summed E-state index contributed by atoms with van der Waals surface area (Å²) in [4.78, 5) is 15.3. The number of methoxy groups -OCH3 is 2. The zero-order valence-electron chi connectivity index (χ0n) is 16.6. The molecule has 2 aromatic carbocycles. The maximum absolute atomic E-state index is 12.0. The van der Waals surface area contributed by atoms with Crippen molar-refractivity contribution in [1.82, 2.24) is 4.90 Å². The zero-order chi connectivity index (χ0) is 20.1. The molecule has 0 amide bonds. The maximum atomic E-state index is 12.0. The molecule has 1 saturated heterocycles. The van der Waals surface area contributed by atoms with E-state index < -0.39 is 12.0 Å². The highest BCUT2D eigenvalue weighted by atomic mass is 32.2. The minimum Gasteiger partial charge on any atom is -0.497 e. The number of rotatable bonds is 7. The lowest BCUT2D eigenvalue weighted by Gasteiger charge is -2.40. The molecule has 2 aromatic rings. The van der Waals surface area contributed by atoms with Crippen LogP contribution in [0.5, 0.6) is 11.5 Å². The van der Waals surface area contributed by atoms with Gasteiger partial charge in [-0.05, 0) is 61.5 Å². The molecule has 1 fully saturated rings. The first-order valence-electron chi connectivity index (χ1n) is 9.43. The second-order valence-electron chi connectivity index (χ2n) is 6.87. The minimum absolute atomic E-state index is 0.220. The number of likely N-dealkylation sites (tertiary alicyclic amines) is 1. The van der Waals surface area contributed by atoms with Crippen molar-refractivity contribution in [3.05, 3.63) is 53.6 Å². The average Bonchev–Trinajstić information content (AvgIpc) is 2.74. The predicted octanol–water partition coefficient (Wildman–Crippen LogP) is 4.45. The first-order chi connectivity index (χ1) is 13.6. The topological polar surface area (TPSA) is 59.0 Å². The van der Waals surface area contributed by atoms with Crippen molar-refractivity contribution in [2.45, 2.75) is 36.2 Å². The van der Waals surface area contributed by atoms with Crippen LogP contribution < -0.4 is 9.47 Å². The van der Waals surface area contributed by atoms with Crippen molar-refractivity contribution in [2.24, 2.45) is 0 Å². The van der Waals surface area contributed by atoms with Crippen molar-refractivity contribution in [3.8, 4) is 11.5 Å². The van der Waals surface area contributed by atoms with Crippen LogP contribution in [0.2, 0.25) is 0 Å². The van der Waals surface area contributed by atoms with E-state index in [1.165, 1.54) is 4.90 Å². The number of carbonyl (C=O) groups is 1. The molecular weight excluding hydrogens is 374 g/mol. The second-order valence-corrected chi connectivity index (χ2v) is 7.75. The van der Waals surface area contributed by atoms with Gasteiger partial charge in [-0.2, -0.15) is 0 Å².